The average Bonchev–Trinajstić information content (AvgIpc) is 2.72. The van der Waals surface area contributed by atoms with Gasteiger partial charge in [-0.05, 0) is 12.1 Å². The molecular weight excluding hydrogens is 253 g/mol. The summed E-state index contributed by atoms with van der Waals surface area (Å²) in [6.07, 6.45) is -4.51. The summed E-state index contributed by atoms with van der Waals surface area (Å²) in [7, 11) is 0. The Balaban J connectivity index is 2.00. The van der Waals surface area contributed by atoms with Gasteiger partial charge in [-0.25, -0.2) is 9.89 Å². The van der Waals surface area contributed by atoms with E-state index < -0.39 is 17.6 Å². The normalized spacial score (nSPS) is 11.5. The third-order valence-corrected chi connectivity index (χ3v) is 1.94. The van der Waals surface area contributed by atoms with Crippen molar-refractivity contribution in [2.45, 2.75) is 12.7 Å². The van der Waals surface area contributed by atoms with Crippen LogP contribution in [0.2, 0.25) is 0 Å². The maximum Gasteiger partial charge on any atom is 0.435 e. The van der Waals surface area contributed by atoms with Crippen LogP contribution < -0.4 is 11.0 Å². The quantitative estimate of drug-likeness (QED) is 0.747. The second kappa shape index (κ2) is 4.47. The molecule has 96 valence electrons. The number of hydrogen-bond donors (Lipinski definition) is 3. The van der Waals surface area contributed by atoms with Crippen LogP contribution in [0.15, 0.2) is 16.9 Å². The highest BCUT2D eigenvalue weighted by molar-refractivity contribution is 5.33. The fourth-order valence-electron chi connectivity index (χ4n) is 1.14. The van der Waals surface area contributed by atoms with Crippen molar-refractivity contribution in [1.82, 2.24) is 25.4 Å². The second-order valence-corrected chi connectivity index (χ2v) is 3.28. The molecule has 0 aliphatic rings. The molecule has 2 aromatic rings. The highest BCUT2D eigenvalue weighted by Crippen LogP contribution is 2.26. The van der Waals surface area contributed by atoms with Crippen molar-refractivity contribution in [2.24, 2.45) is 0 Å². The SMILES string of the molecule is O=c1[nH]nc(CNc2ccc(C(F)(F)F)nn2)[nH]1. The summed E-state index contributed by atoms with van der Waals surface area (Å²) in [6, 6.07) is 1.95. The second-order valence-electron chi connectivity index (χ2n) is 3.28. The Bertz CT molecular complexity index is 572. The van der Waals surface area contributed by atoms with Gasteiger partial charge in [0.2, 0.25) is 0 Å². The first-order valence-electron chi connectivity index (χ1n) is 4.73. The fraction of sp³-hybridized carbons (Fsp3) is 0.250. The van der Waals surface area contributed by atoms with Crippen molar-refractivity contribution in [3.05, 3.63) is 34.1 Å². The Morgan fingerprint density at radius 1 is 1.28 bits per heavy atom. The molecule has 2 aromatic heterocycles. The monoisotopic (exact) mass is 260 g/mol. The molecule has 18 heavy (non-hydrogen) atoms. The lowest BCUT2D eigenvalue weighted by atomic mass is 10.4. The van der Waals surface area contributed by atoms with E-state index in [-0.39, 0.29) is 12.4 Å². The van der Waals surface area contributed by atoms with Crippen LogP contribution in [0.4, 0.5) is 19.0 Å². The third-order valence-electron chi connectivity index (χ3n) is 1.94. The van der Waals surface area contributed by atoms with E-state index in [1.54, 1.807) is 0 Å². The van der Waals surface area contributed by atoms with Crippen LogP contribution in [-0.2, 0) is 12.7 Å². The van der Waals surface area contributed by atoms with Gasteiger partial charge >= 0.3 is 11.9 Å². The molecule has 0 radical (unpaired) electrons. The third kappa shape index (κ3) is 2.84. The summed E-state index contributed by atoms with van der Waals surface area (Å²) in [5.41, 5.74) is -1.54. The molecule has 0 bridgehead atoms. The summed E-state index contributed by atoms with van der Waals surface area (Å²) in [4.78, 5) is 13.1. The number of anilines is 1. The van der Waals surface area contributed by atoms with Gasteiger partial charge in [0.15, 0.2) is 5.69 Å². The number of aromatic amines is 2. The topological polar surface area (TPSA) is 99.3 Å². The number of hydrogen-bond acceptors (Lipinski definition) is 5. The molecule has 0 unspecified atom stereocenters. The maximum absolute atomic E-state index is 12.2. The van der Waals surface area contributed by atoms with E-state index >= 15 is 0 Å². The molecule has 0 fully saturated rings. The Labute approximate surface area is 97.5 Å². The average molecular weight is 260 g/mol. The highest BCUT2D eigenvalue weighted by atomic mass is 19.4. The number of H-pyrrole nitrogens is 2. The molecule has 7 nitrogen and oxygen atoms in total. The van der Waals surface area contributed by atoms with Crippen molar-refractivity contribution < 1.29 is 13.2 Å². The number of alkyl halides is 3. The zero-order valence-electron chi connectivity index (χ0n) is 8.75. The Kier molecular flexibility index (Phi) is 3.00. The Hall–Kier alpha value is -2.39. The van der Waals surface area contributed by atoms with E-state index in [9.17, 15) is 18.0 Å². The standard InChI is InChI=1S/C8H7F3N6O/c9-8(10,11)4-1-2-5(15-14-4)12-3-6-13-7(18)17-16-6/h1-2H,3H2,(H,12,15)(H2,13,16,17,18). The van der Waals surface area contributed by atoms with Gasteiger partial charge in [0.05, 0.1) is 6.54 Å². The van der Waals surface area contributed by atoms with Gasteiger partial charge in [-0.3, -0.25) is 4.98 Å². The molecular formula is C8H7F3N6O. The summed E-state index contributed by atoms with van der Waals surface area (Å²) in [5.74, 6) is 0.452. The molecule has 0 aliphatic heterocycles. The summed E-state index contributed by atoms with van der Waals surface area (Å²) in [6.45, 7) is 0.110. The molecule has 2 rings (SSSR count). The lowest BCUT2D eigenvalue weighted by molar-refractivity contribution is -0.141. The fourth-order valence-corrected chi connectivity index (χ4v) is 1.14. The van der Waals surface area contributed by atoms with Gasteiger partial charge in [-0.15, -0.1) is 10.2 Å². The van der Waals surface area contributed by atoms with Crippen LogP contribution in [0, 0.1) is 0 Å². The minimum absolute atomic E-state index is 0.110. The van der Waals surface area contributed by atoms with Crippen molar-refractivity contribution in [3.8, 4) is 0 Å². The summed E-state index contributed by atoms with van der Waals surface area (Å²) in [5, 5.41) is 14.8. The largest absolute Gasteiger partial charge is 0.435 e. The van der Waals surface area contributed by atoms with Crippen molar-refractivity contribution in [3.63, 3.8) is 0 Å². The smallest absolute Gasteiger partial charge is 0.361 e. The van der Waals surface area contributed by atoms with E-state index in [0.29, 0.717) is 5.82 Å². The highest BCUT2D eigenvalue weighted by Gasteiger charge is 2.32. The lowest BCUT2D eigenvalue weighted by Gasteiger charge is -2.06. The van der Waals surface area contributed by atoms with Crippen molar-refractivity contribution >= 4 is 5.82 Å². The van der Waals surface area contributed by atoms with E-state index in [1.807, 2.05) is 0 Å². The molecule has 0 aromatic carbocycles. The van der Waals surface area contributed by atoms with Crippen LogP contribution in [0.5, 0.6) is 0 Å². The predicted molar refractivity (Wildman–Crippen MR) is 53.6 cm³/mol. The van der Waals surface area contributed by atoms with Crippen LogP contribution in [-0.4, -0.2) is 25.4 Å². The zero-order valence-corrected chi connectivity index (χ0v) is 8.75. The van der Waals surface area contributed by atoms with Gasteiger partial charge in [-0.1, -0.05) is 0 Å². The van der Waals surface area contributed by atoms with Crippen LogP contribution >= 0.6 is 0 Å². The van der Waals surface area contributed by atoms with Crippen LogP contribution in [0.1, 0.15) is 11.5 Å². The molecule has 0 aliphatic carbocycles. The number of rotatable bonds is 3. The minimum atomic E-state index is -4.51. The number of nitrogens with zero attached hydrogens (tertiary/aromatic N) is 3. The van der Waals surface area contributed by atoms with E-state index in [0.717, 1.165) is 12.1 Å². The summed E-state index contributed by atoms with van der Waals surface area (Å²) >= 11 is 0. The zero-order chi connectivity index (χ0) is 13.2. The Morgan fingerprint density at radius 3 is 2.56 bits per heavy atom. The molecule has 0 saturated carbocycles. The van der Waals surface area contributed by atoms with Gasteiger partial charge < -0.3 is 5.32 Å². The Morgan fingerprint density at radius 2 is 2.06 bits per heavy atom. The van der Waals surface area contributed by atoms with E-state index in [2.05, 4.69) is 30.7 Å². The van der Waals surface area contributed by atoms with Crippen LogP contribution in [0.3, 0.4) is 0 Å². The molecule has 10 heteroatoms. The molecule has 0 atom stereocenters. The van der Waals surface area contributed by atoms with Crippen molar-refractivity contribution in [2.75, 3.05) is 5.32 Å². The molecule has 0 amide bonds. The lowest BCUT2D eigenvalue weighted by Crippen LogP contribution is -2.11. The predicted octanol–water partition coefficient (Wildman–Crippen LogP) is 0.519. The first-order valence-corrected chi connectivity index (χ1v) is 4.73. The molecule has 3 N–H and O–H groups in total. The van der Waals surface area contributed by atoms with Gasteiger partial charge in [0, 0.05) is 0 Å². The molecule has 0 saturated heterocycles. The maximum atomic E-state index is 12.2. The van der Waals surface area contributed by atoms with E-state index in [1.165, 1.54) is 0 Å². The van der Waals surface area contributed by atoms with Crippen molar-refractivity contribution in [1.29, 1.82) is 0 Å². The van der Waals surface area contributed by atoms with Gasteiger partial charge in [0.1, 0.15) is 11.6 Å². The van der Waals surface area contributed by atoms with Gasteiger partial charge in [-0.2, -0.15) is 18.3 Å². The number of halogens is 3. The minimum Gasteiger partial charge on any atom is -0.361 e. The van der Waals surface area contributed by atoms with Gasteiger partial charge in [0.25, 0.3) is 0 Å². The first-order chi connectivity index (χ1) is 8.45. The molecule has 2 heterocycles. The number of nitrogens with one attached hydrogen (secondary N) is 3. The van der Waals surface area contributed by atoms with E-state index in [4.69, 9.17) is 0 Å². The molecule has 0 spiro atoms. The summed E-state index contributed by atoms with van der Waals surface area (Å²) < 4.78 is 36.6. The van der Waals surface area contributed by atoms with Crippen LogP contribution in [0.25, 0.3) is 0 Å². The first kappa shape index (κ1) is 12.1. The number of aromatic nitrogens is 5.